The number of anilines is 1. The van der Waals surface area contributed by atoms with Gasteiger partial charge in [0.25, 0.3) is 0 Å². The maximum atomic E-state index is 13.4. The number of nitrogens with zero attached hydrogens (tertiary/aromatic N) is 7. The number of ether oxygens (including phenoxy) is 3. The van der Waals surface area contributed by atoms with Crippen LogP contribution in [0.15, 0.2) is 18.7 Å². The Morgan fingerprint density at radius 3 is 2.18 bits per heavy atom. The molecule has 0 aromatic carbocycles. The quantitative estimate of drug-likeness (QED) is 0.377. The molecule has 0 aliphatic heterocycles. The number of hydrogen-bond donors (Lipinski definition) is 1. The average molecular weight is 579 g/mol. The molecule has 0 unspecified atom stereocenters. The van der Waals surface area contributed by atoms with Crippen molar-refractivity contribution in [3.05, 3.63) is 35.4 Å². The second kappa shape index (κ2) is 10.5. The third kappa shape index (κ3) is 5.30. The van der Waals surface area contributed by atoms with E-state index < -0.39 is 45.3 Å². The molecule has 3 aromatic heterocycles. The lowest BCUT2D eigenvalue weighted by atomic mass is 10.2. The zero-order valence-corrected chi connectivity index (χ0v) is 21.9. The molecule has 1 aliphatic carbocycles. The van der Waals surface area contributed by atoms with Gasteiger partial charge in [-0.05, 0) is 13.3 Å². The normalized spacial score (nSPS) is 19.1. The number of alkyl halides is 3. The predicted octanol–water partition coefficient (Wildman–Crippen LogP) is 2.70. The SMILES string of the molecule is COc1ncnc(OC)c1-n1c(NS(=O)(=O)[C@@H](C)[C@H](OC)c2ncc(Cl)cn2)nnc1[C@H]1C[C@@H]1C(F)(F)F. The van der Waals surface area contributed by atoms with Crippen LogP contribution < -0.4 is 14.2 Å². The molecule has 13 nitrogen and oxygen atoms in total. The first-order valence-electron chi connectivity index (χ1n) is 10.9. The summed E-state index contributed by atoms with van der Waals surface area (Å²) in [7, 11) is -0.528. The number of aromatic nitrogens is 7. The van der Waals surface area contributed by atoms with E-state index in [-0.39, 0.29) is 40.5 Å². The summed E-state index contributed by atoms with van der Waals surface area (Å²) in [5, 5.41) is 6.69. The molecule has 3 heterocycles. The Morgan fingerprint density at radius 2 is 1.68 bits per heavy atom. The van der Waals surface area contributed by atoms with E-state index in [4.69, 9.17) is 25.8 Å². The molecular weight excluding hydrogens is 557 g/mol. The fourth-order valence-corrected chi connectivity index (χ4v) is 5.09. The number of sulfonamides is 1. The van der Waals surface area contributed by atoms with Gasteiger partial charge in [0.05, 0.1) is 25.2 Å². The minimum Gasteiger partial charge on any atom is -0.479 e. The molecule has 0 bridgehead atoms. The van der Waals surface area contributed by atoms with Crippen molar-refractivity contribution in [3.8, 4) is 17.4 Å². The molecule has 0 radical (unpaired) electrons. The molecule has 0 saturated heterocycles. The maximum absolute atomic E-state index is 13.4. The molecule has 1 N–H and O–H groups in total. The molecule has 1 fully saturated rings. The topological polar surface area (TPSA) is 156 Å². The van der Waals surface area contributed by atoms with Crippen LogP contribution in [0.5, 0.6) is 11.8 Å². The lowest BCUT2D eigenvalue weighted by Crippen LogP contribution is -2.33. The summed E-state index contributed by atoms with van der Waals surface area (Å²) in [5.41, 5.74) is -0.0833. The molecule has 3 aromatic rings. The van der Waals surface area contributed by atoms with Crippen molar-refractivity contribution in [3.63, 3.8) is 0 Å². The lowest BCUT2D eigenvalue weighted by molar-refractivity contribution is -0.148. The Kier molecular flexibility index (Phi) is 7.62. The van der Waals surface area contributed by atoms with Gasteiger partial charge in [-0.1, -0.05) is 11.6 Å². The van der Waals surface area contributed by atoms with Crippen molar-refractivity contribution < 1.29 is 35.8 Å². The maximum Gasteiger partial charge on any atom is 0.392 e. The lowest BCUT2D eigenvalue weighted by Gasteiger charge is -2.22. The molecule has 18 heteroatoms. The van der Waals surface area contributed by atoms with Gasteiger partial charge in [0.2, 0.25) is 27.7 Å². The minimum absolute atomic E-state index is 0.0442. The summed E-state index contributed by atoms with van der Waals surface area (Å²) >= 11 is 5.82. The molecule has 4 atom stereocenters. The Morgan fingerprint density at radius 1 is 1.08 bits per heavy atom. The minimum atomic E-state index is -4.48. The molecule has 1 saturated carbocycles. The first kappa shape index (κ1) is 27.7. The first-order valence-corrected chi connectivity index (χ1v) is 12.8. The Bertz CT molecular complexity index is 1380. The van der Waals surface area contributed by atoms with Crippen LogP contribution in [0.2, 0.25) is 5.02 Å². The summed E-state index contributed by atoms with van der Waals surface area (Å²) in [5.74, 6) is -3.56. The van der Waals surface area contributed by atoms with Crippen molar-refractivity contribution in [2.75, 3.05) is 26.1 Å². The van der Waals surface area contributed by atoms with E-state index in [1.807, 2.05) is 0 Å². The van der Waals surface area contributed by atoms with Crippen LogP contribution in [-0.4, -0.2) is 75.9 Å². The fraction of sp³-hybridized carbons (Fsp3) is 0.500. The largest absolute Gasteiger partial charge is 0.479 e. The van der Waals surface area contributed by atoms with Crippen LogP contribution in [0, 0.1) is 5.92 Å². The van der Waals surface area contributed by atoms with Gasteiger partial charge in [-0.15, -0.1) is 10.2 Å². The molecule has 1 aliphatic rings. The van der Waals surface area contributed by atoms with Crippen LogP contribution in [0.1, 0.15) is 37.0 Å². The smallest absolute Gasteiger partial charge is 0.392 e. The first-order chi connectivity index (χ1) is 17.9. The van der Waals surface area contributed by atoms with Crippen molar-refractivity contribution in [2.45, 2.75) is 36.8 Å². The number of nitrogens with one attached hydrogen (secondary N) is 1. The van der Waals surface area contributed by atoms with Crippen molar-refractivity contribution >= 4 is 27.6 Å². The molecule has 38 heavy (non-hydrogen) atoms. The summed E-state index contributed by atoms with van der Waals surface area (Å²) in [6.07, 6.45) is -2.20. The summed E-state index contributed by atoms with van der Waals surface area (Å²) in [6.45, 7) is 1.34. The highest BCUT2D eigenvalue weighted by molar-refractivity contribution is 7.93. The van der Waals surface area contributed by atoms with Gasteiger partial charge < -0.3 is 14.2 Å². The second-order valence-corrected chi connectivity index (χ2v) is 10.7. The van der Waals surface area contributed by atoms with Crippen LogP contribution in [0.25, 0.3) is 5.69 Å². The van der Waals surface area contributed by atoms with E-state index >= 15 is 0 Å². The summed E-state index contributed by atoms with van der Waals surface area (Å²) in [4.78, 5) is 16.0. The molecular formula is C20H22ClF3N8O5S. The summed E-state index contributed by atoms with van der Waals surface area (Å²) in [6, 6.07) is 0. The average Bonchev–Trinajstić information content (AvgIpc) is 3.60. The van der Waals surface area contributed by atoms with Gasteiger partial charge in [0.1, 0.15) is 23.5 Å². The van der Waals surface area contributed by atoms with Crippen LogP contribution in [0.3, 0.4) is 0 Å². The van der Waals surface area contributed by atoms with E-state index in [9.17, 15) is 21.6 Å². The van der Waals surface area contributed by atoms with E-state index in [2.05, 4.69) is 34.9 Å². The monoisotopic (exact) mass is 578 g/mol. The number of rotatable bonds is 10. The van der Waals surface area contributed by atoms with E-state index in [0.717, 1.165) is 10.9 Å². The van der Waals surface area contributed by atoms with Gasteiger partial charge in [-0.2, -0.15) is 23.1 Å². The van der Waals surface area contributed by atoms with Crippen molar-refractivity contribution in [1.82, 2.24) is 34.7 Å². The van der Waals surface area contributed by atoms with Crippen LogP contribution >= 0.6 is 11.6 Å². The zero-order chi connectivity index (χ0) is 27.8. The zero-order valence-electron chi connectivity index (χ0n) is 20.3. The van der Waals surface area contributed by atoms with E-state index in [1.165, 1.54) is 40.6 Å². The van der Waals surface area contributed by atoms with Gasteiger partial charge in [0.15, 0.2) is 11.5 Å². The van der Waals surface area contributed by atoms with Crippen LogP contribution in [0.4, 0.5) is 19.1 Å². The third-order valence-electron chi connectivity index (χ3n) is 5.89. The molecule has 0 amide bonds. The highest BCUT2D eigenvalue weighted by atomic mass is 35.5. The van der Waals surface area contributed by atoms with Gasteiger partial charge in [-0.3, -0.25) is 9.29 Å². The van der Waals surface area contributed by atoms with Gasteiger partial charge in [0, 0.05) is 25.4 Å². The van der Waals surface area contributed by atoms with E-state index in [1.54, 1.807) is 0 Å². The summed E-state index contributed by atoms with van der Waals surface area (Å²) < 4.78 is 86.3. The molecule has 206 valence electrons. The van der Waals surface area contributed by atoms with Gasteiger partial charge >= 0.3 is 6.18 Å². The Labute approximate surface area is 219 Å². The number of methoxy groups -OCH3 is 3. The fourth-order valence-electron chi connectivity index (χ4n) is 3.86. The highest BCUT2D eigenvalue weighted by Crippen LogP contribution is 2.56. The Hall–Kier alpha value is -3.31. The standard InChI is InChI=1S/C20H22ClF3N8O5S/c1-9(14(35-2)15-25-6-10(21)7-26-15)38(33,34)31-19-30-29-16(11-5-12(11)20(22,23)24)32(19)13-17(36-3)27-8-28-18(13)37-4/h6-9,11-12,14H,5H2,1-4H3,(H,30,31)/t9-,11-,12-,14-/m0/s1. The number of halogens is 4. The van der Waals surface area contributed by atoms with Crippen molar-refractivity contribution in [1.29, 1.82) is 0 Å². The Balaban J connectivity index is 1.78. The van der Waals surface area contributed by atoms with Crippen molar-refractivity contribution in [2.24, 2.45) is 5.92 Å². The highest BCUT2D eigenvalue weighted by Gasteiger charge is 2.58. The third-order valence-corrected chi connectivity index (χ3v) is 7.78. The van der Waals surface area contributed by atoms with Crippen LogP contribution in [-0.2, 0) is 14.8 Å². The van der Waals surface area contributed by atoms with E-state index in [0.29, 0.717) is 0 Å². The molecule has 4 rings (SSSR count). The second-order valence-electron chi connectivity index (χ2n) is 8.22. The molecule has 0 spiro atoms. The number of hydrogen-bond acceptors (Lipinski definition) is 11. The van der Waals surface area contributed by atoms with Gasteiger partial charge in [-0.25, -0.2) is 18.4 Å². The predicted molar refractivity (Wildman–Crippen MR) is 126 cm³/mol.